The lowest BCUT2D eigenvalue weighted by molar-refractivity contribution is 0.339. The average molecular weight is 463 g/mol. The zero-order valence-corrected chi connectivity index (χ0v) is 18.5. The summed E-state index contributed by atoms with van der Waals surface area (Å²) in [7, 11) is -6.61. The van der Waals surface area contributed by atoms with E-state index in [0.29, 0.717) is 18.1 Å². The van der Waals surface area contributed by atoms with Gasteiger partial charge in [0.2, 0.25) is 10.0 Å². The quantitative estimate of drug-likeness (QED) is 0.503. The fourth-order valence-corrected chi connectivity index (χ4v) is 4.63. The van der Waals surface area contributed by atoms with Crippen LogP contribution in [0.3, 0.4) is 0 Å². The Bertz CT molecular complexity index is 1260. The minimum absolute atomic E-state index is 0.156. The van der Waals surface area contributed by atoms with Gasteiger partial charge in [0, 0.05) is 0 Å². The Morgan fingerprint density at radius 2 is 1.39 bits per heavy atom. The summed E-state index contributed by atoms with van der Waals surface area (Å²) in [5.41, 5.74) is 0.207. The zero-order chi connectivity index (χ0) is 22.5. The minimum atomic E-state index is -4.08. The summed E-state index contributed by atoms with van der Waals surface area (Å²) < 4.78 is 65.6. The highest BCUT2D eigenvalue weighted by molar-refractivity contribution is 7.93. The molecule has 0 unspecified atom stereocenters. The van der Waals surface area contributed by atoms with Crippen LogP contribution in [0, 0.1) is 0 Å². The number of sulfonamides is 2. The van der Waals surface area contributed by atoms with Gasteiger partial charge in [-0.3, -0.25) is 4.72 Å². The monoisotopic (exact) mass is 462 g/mol. The van der Waals surface area contributed by atoms with Crippen molar-refractivity contribution in [1.82, 2.24) is 4.72 Å². The molecule has 0 fully saturated rings. The van der Waals surface area contributed by atoms with E-state index in [0.717, 1.165) is 6.07 Å². The Labute approximate surface area is 181 Å². The zero-order valence-electron chi connectivity index (χ0n) is 16.9. The molecule has 0 saturated carbocycles. The lowest BCUT2D eigenvalue weighted by atomic mass is 10.3. The van der Waals surface area contributed by atoms with Crippen molar-refractivity contribution in [3.8, 4) is 17.2 Å². The van der Waals surface area contributed by atoms with Gasteiger partial charge in [0.15, 0.2) is 5.75 Å². The fourth-order valence-electron chi connectivity index (χ4n) is 2.67. The summed E-state index contributed by atoms with van der Waals surface area (Å²) in [4.78, 5) is -0.350. The summed E-state index contributed by atoms with van der Waals surface area (Å²) in [6.45, 7) is 2.43. The molecule has 2 N–H and O–H groups in total. The first-order chi connectivity index (χ1) is 14.7. The molecule has 0 aliphatic heterocycles. The summed E-state index contributed by atoms with van der Waals surface area (Å²) in [6, 6.07) is 18.5. The van der Waals surface area contributed by atoms with Crippen LogP contribution < -0.4 is 18.9 Å². The number of hydrogen-bond donors (Lipinski definition) is 2. The van der Waals surface area contributed by atoms with Crippen LogP contribution in [0.25, 0.3) is 0 Å². The lowest BCUT2D eigenvalue weighted by Crippen LogP contribution is -2.19. The first-order valence-electron chi connectivity index (χ1n) is 9.31. The highest BCUT2D eigenvalue weighted by atomic mass is 32.2. The second-order valence-electron chi connectivity index (χ2n) is 6.29. The predicted octanol–water partition coefficient (Wildman–Crippen LogP) is 3.59. The first-order valence-corrected chi connectivity index (χ1v) is 12.3. The van der Waals surface area contributed by atoms with Gasteiger partial charge in [0.25, 0.3) is 10.0 Å². The van der Waals surface area contributed by atoms with Crippen LogP contribution >= 0.6 is 0 Å². The molecular formula is C21H22N2O6S2. The van der Waals surface area contributed by atoms with Crippen molar-refractivity contribution in [3.63, 3.8) is 0 Å². The number of benzene rings is 3. The van der Waals surface area contributed by atoms with Crippen LogP contribution in [0.1, 0.15) is 6.92 Å². The van der Waals surface area contributed by atoms with E-state index in [1.54, 1.807) is 48.5 Å². The molecule has 0 aliphatic carbocycles. The fraction of sp³-hybridized carbons (Fsp3) is 0.143. The van der Waals surface area contributed by atoms with Crippen LogP contribution in [0.4, 0.5) is 5.69 Å². The molecule has 0 radical (unpaired) electrons. The molecule has 8 nitrogen and oxygen atoms in total. The van der Waals surface area contributed by atoms with E-state index in [4.69, 9.17) is 9.47 Å². The summed E-state index contributed by atoms with van der Waals surface area (Å²) in [5.74, 6) is 1.48. The van der Waals surface area contributed by atoms with Gasteiger partial charge >= 0.3 is 0 Å². The molecule has 0 aliphatic rings. The molecule has 10 heteroatoms. The number of anilines is 1. The molecule has 3 aromatic carbocycles. The van der Waals surface area contributed by atoms with E-state index in [-0.39, 0.29) is 21.2 Å². The van der Waals surface area contributed by atoms with Crippen molar-refractivity contribution < 1.29 is 26.3 Å². The van der Waals surface area contributed by atoms with E-state index < -0.39 is 20.0 Å². The number of ether oxygens (including phenoxy) is 2. The number of rotatable bonds is 9. The Morgan fingerprint density at radius 3 is 2.03 bits per heavy atom. The molecule has 31 heavy (non-hydrogen) atoms. The van der Waals surface area contributed by atoms with Gasteiger partial charge in [0.05, 0.1) is 22.1 Å². The van der Waals surface area contributed by atoms with Crippen LogP contribution in [0.15, 0.2) is 82.6 Å². The van der Waals surface area contributed by atoms with E-state index in [1.807, 2.05) is 6.92 Å². The molecular weight excluding hydrogens is 440 g/mol. The predicted molar refractivity (Wildman–Crippen MR) is 118 cm³/mol. The summed E-state index contributed by atoms with van der Waals surface area (Å²) >= 11 is 0. The van der Waals surface area contributed by atoms with E-state index >= 15 is 0 Å². The Hall–Kier alpha value is -3.08. The maximum absolute atomic E-state index is 12.9. The maximum atomic E-state index is 12.9. The second-order valence-corrected chi connectivity index (χ2v) is 9.86. The van der Waals surface area contributed by atoms with Crippen LogP contribution in [-0.2, 0) is 20.0 Å². The van der Waals surface area contributed by atoms with Gasteiger partial charge < -0.3 is 9.47 Å². The van der Waals surface area contributed by atoms with E-state index in [2.05, 4.69) is 9.44 Å². The lowest BCUT2D eigenvalue weighted by Gasteiger charge is -2.14. The van der Waals surface area contributed by atoms with Crippen molar-refractivity contribution in [1.29, 1.82) is 0 Å². The van der Waals surface area contributed by atoms with Crippen molar-refractivity contribution in [2.75, 3.05) is 18.4 Å². The Kier molecular flexibility index (Phi) is 6.84. The SMILES string of the molecule is CCOc1ccc(Oc2ccccc2NS(=O)(=O)c2cccc(S(=O)(=O)NC)c2)cc1. The third-order valence-corrected chi connectivity index (χ3v) is 6.96. The highest BCUT2D eigenvalue weighted by Gasteiger charge is 2.20. The van der Waals surface area contributed by atoms with Crippen molar-refractivity contribution in [2.45, 2.75) is 16.7 Å². The molecule has 164 valence electrons. The Morgan fingerprint density at radius 1 is 0.774 bits per heavy atom. The van der Waals surface area contributed by atoms with E-state index in [1.165, 1.54) is 25.2 Å². The third kappa shape index (κ3) is 5.54. The molecule has 0 heterocycles. The molecule has 0 bridgehead atoms. The molecule has 3 aromatic rings. The number of para-hydroxylation sites is 2. The van der Waals surface area contributed by atoms with Gasteiger partial charge in [-0.1, -0.05) is 18.2 Å². The van der Waals surface area contributed by atoms with Gasteiger partial charge in [-0.15, -0.1) is 0 Å². The smallest absolute Gasteiger partial charge is 0.262 e. The third-order valence-electron chi connectivity index (χ3n) is 4.19. The van der Waals surface area contributed by atoms with Gasteiger partial charge in [-0.25, -0.2) is 21.6 Å². The van der Waals surface area contributed by atoms with Crippen molar-refractivity contribution >= 4 is 25.7 Å². The summed E-state index contributed by atoms with van der Waals surface area (Å²) in [5, 5.41) is 0. The van der Waals surface area contributed by atoms with Gasteiger partial charge in [0.1, 0.15) is 11.5 Å². The van der Waals surface area contributed by atoms with Crippen molar-refractivity contribution in [3.05, 3.63) is 72.8 Å². The molecule has 0 amide bonds. The minimum Gasteiger partial charge on any atom is -0.494 e. The first kappa shape index (κ1) is 22.6. The van der Waals surface area contributed by atoms with E-state index in [9.17, 15) is 16.8 Å². The second kappa shape index (κ2) is 9.38. The standard InChI is InChI=1S/C21H22N2O6S2/c1-3-28-16-11-13-17(14-12-16)29-21-10-5-4-9-20(21)23-31(26,27)19-8-6-7-18(15-19)30(24,25)22-2/h4-15,22-23H,3H2,1-2H3. The molecule has 3 rings (SSSR count). The largest absolute Gasteiger partial charge is 0.494 e. The molecule has 0 aromatic heterocycles. The van der Waals surface area contributed by atoms with Crippen LogP contribution in [0.2, 0.25) is 0 Å². The molecule has 0 saturated heterocycles. The van der Waals surface area contributed by atoms with Crippen LogP contribution in [0.5, 0.6) is 17.2 Å². The topological polar surface area (TPSA) is 111 Å². The summed E-state index contributed by atoms with van der Waals surface area (Å²) in [6.07, 6.45) is 0. The van der Waals surface area contributed by atoms with Crippen molar-refractivity contribution in [2.24, 2.45) is 0 Å². The Balaban J connectivity index is 1.87. The van der Waals surface area contributed by atoms with Gasteiger partial charge in [-0.2, -0.15) is 0 Å². The number of nitrogens with one attached hydrogen (secondary N) is 2. The number of hydrogen-bond acceptors (Lipinski definition) is 6. The van der Waals surface area contributed by atoms with Gasteiger partial charge in [-0.05, 0) is 68.6 Å². The highest BCUT2D eigenvalue weighted by Crippen LogP contribution is 2.32. The molecule has 0 atom stereocenters. The average Bonchev–Trinajstić information content (AvgIpc) is 2.76. The maximum Gasteiger partial charge on any atom is 0.262 e. The molecule has 0 spiro atoms. The normalized spacial score (nSPS) is 11.7. The van der Waals surface area contributed by atoms with Crippen LogP contribution in [-0.4, -0.2) is 30.5 Å².